The van der Waals surface area contributed by atoms with Gasteiger partial charge in [-0.2, -0.15) is 5.10 Å². The second-order valence-electron chi connectivity index (χ2n) is 8.64. The molecule has 0 radical (unpaired) electrons. The highest BCUT2D eigenvalue weighted by Gasteiger charge is 2.22. The molecular weight excluding hydrogens is 424 g/mol. The molecule has 1 N–H and O–H groups in total. The van der Waals surface area contributed by atoms with Gasteiger partial charge in [0.15, 0.2) is 0 Å². The van der Waals surface area contributed by atoms with Gasteiger partial charge in [0.1, 0.15) is 5.82 Å². The Labute approximate surface area is 203 Å². The average Bonchev–Trinajstić information content (AvgIpc) is 3.16. The van der Waals surface area contributed by atoms with Crippen LogP contribution < -0.4 is 5.32 Å². The van der Waals surface area contributed by atoms with Crippen LogP contribution in [0.2, 0.25) is 0 Å². The quantitative estimate of drug-likeness (QED) is 0.362. The molecule has 6 nitrogen and oxygen atoms in total. The summed E-state index contributed by atoms with van der Waals surface area (Å²) in [5.74, 6) is 0.422. The van der Waals surface area contributed by atoms with E-state index in [-0.39, 0.29) is 18.4 Å². The van der Waals surface area contributed by atoms with Crippen LogP contribution in [0.5, 0.6) is 0 Å². The fourth-order valence-electron chi connectivity index (χ4n) is 4.15. The Morgan fingerprint density at radius 1 is 0.941 bits per heavy atom. The zero-order chi connectivity index (χ0) is 24.5. The molecule has 0 aliphatic heterocycles. The Hall–Kier alpha value is -3.41. The number of rotatable bonds is 11. The van der Waals surface area contributed by atoms with E-state index in [1.165, 1.54) is 0 Å². The number of aryl methyl sites for hydroxylation is 2. The molecule has 34 heavy (non-hydrogen) atoms. The van der Waals surface area contributed by atoms with E-state index < -0.39 is 0 Å². The number of aromatic nitrogens is 2. The molecular formula is C28H36N4O2. The first-order chi connectivity index (χ1) is 16.5. The largest absolute Gasteiger partial charge is 0.334 e. The molecule has 0 aliphatic carbocycles. The molecule has 0 saturated carbocycles. The number of unbranched alkanes of at least 4 members (excludes halogenated alkanes) is 3. The maximum atomic E-state index is 13.2. The van der Waals surface area contributed by atoms with Crippen LogP contribution in [-0.2, 0) is 9.59 Å². The van der Waals surface area contributed by atoms with Gasteiger partial charge in [0, 0.05) is 18.5 Å². The van der Waals surface area contributed by atoms with Crippen molar-refractivity contribution in [2.24, 2.45) is 0 Å². The topological polar surface area (TPSA) is 67.2 Å². The summed E-state index contributed by atoms with van der Waals surface area (Å²) in [5.41, 5.74) is 4.64. The van der Waals surface area contributed by atoms with Crippen molar-refractivity contribution in [3.8, 4) is 16.8 Å². The van der Waals surface area contributed by atoms with Crippen LogP contribution in [0.1, 0.15) is 57.2 Å². The molecule has 1 heterocycles. The number of amides is 2. The maximum absolute atomic E-state index is 13.2. The van der Waals surface area contributed by atoms with Gasteiger partial charge in [0.25, 0.3) is 0 Å². The molecule has 0 aliphatic rings. The number of nitrogens with zero attached hydrogens (tertiary/aromatic N) is 3. The number of anilines is 1. The molecule has 1 aromatic heterocycles. The molecule has 6 heteroatoms. The zero-order valence-corrected chi connectivity index (χ0v) is 20.8. The standard InChI is InChI=1S/C28H36N4O2/c1-5-7-8-12-19-26(34)31(6-2)20-25(33)29-28-27(23-16-10-9-11-17-23)22(4)30-32(28)24-18-14-13-15-21(24)3/h9-11,13-18H,5-8,12,19-20H2,1-4H3,(H,29,33). The number of hydrogen-bond acceptors (Lipinski definition) is 3. The van der Waals surface area contributed by atoms with Gasteiger partial charge in [-0.3, -0.25) is 9.59 Å². The van der Waals surface area contributed by atoms with E-state index in [0.29, 0.717) is 18.8 Å². The fourth-order valence-corrected chi connectivity index (χ4v) is 4.15. The number of carbonyl (C=O) groups is 2. The summed E-state index contributed by atoms with van der Waals surface area (Å²) in [6.45, 7) is 8.56. The molecule has 180 valence electrons. The summed E-state index contributed by atoms with van der Waals surface area (Å²) in [4.78, 5) is 27.5. The number of hydrogen-bond donors (Lipinski definition) is 1. The monoisotopic (exact) mass is 460 g/mol. The second-order valence-corrected chi connectivity index (χ2v) is 8.64. The zero-order valence-electron chi connectivity index (χ0n) is 20.8. The summed E-state index contributed by atoms with van der Waals surface area (Å²) in [6, 6.07) is 17.9. The lowest BCUT2D eigenvalue weighted by Gasteiger charge is -2.21. The van der Waals surface area contributed by atoms with Crippen LogP contribution in [0.3, 0.4) is 0 Å². The van der Waals surface area contributed by atoms with E-state index >= 15 is 0 Å². The van der Waals surface area contributed by atoms with Crippen LogP contribution in [0.4, 0.5) is 5.82 Å². The highest BCUT2D eigenvalue weighted by Crippen LogP contribution is 2.34. The van der Waals surface area contributed by atoms with Crippen molar-refractivity contribution < 1.29 is 9.59 Å². The highest BCUT2D eigenvalue weighted by atomic mass is 16.2. The molecule has 2 aromatic carbocycles. The van der Waals surface area contributed by atoms with E-state index in [4.69, 9.17) is 5.10 Å². The minimum Gasteiger partial charge on any atom is -0.334 e. The van der Waals surface area contributed by atoms with E-state index in [1.54, 1.807) is 9.58 Å². The molecule has 0 fully saturated rings. The second kappa shape index (κ2) is 12.2. The SMILES string of the molecule is CCCCCCC(=O)N(CC)CC(=O)Nc1c(-c2ccccc2)c(C)nn1-c1ccccc1C. The van der Waals surface area contributed by atoms with E-state index in [0.717, 1.165) is 53.8 Å². The Kier molecular flexibility index (Phi) is 9.02. The van der Waals surface area contributed by atoms with Gasteiger partial charge in [-0.15, -0.1) is 0 Å². The van der Waals surface area contributed by atoms with E-state index in [9.17, 15) is 9.59 Å². The van der Waals surface area contributed by atoms with Crippen LogP contribution in [0.15, 0.2) is 54.6 Å². The summed E-state index contributed by atoms with van der Waals surface area (Å²) in [5, 5.41) is 7.87. The molecule has 0 atom stereocenters. The summed E-state index contributed by atoms with van der Waals surface area (Å²) >= 11 is 0. The van der Waals surface area contributed by atoms with Crippen LogP contribution >= 0.6 is 0 Å². The fraction of sp³-hybridized carbons (Fsp3) is 0.393. The number of benzene rings is 2. The Morgan fingerprint density at radius 2 is 1.65 bits per heavy atom. The smallest absolute Gasteiger partial charge is 0.245 e. The number of para-hydroxylation sites is 1. The minimum atomic E-state index is -0.226. The van der Waals surface area contributed by atoms with E-state index in [2.05, 4.69) is 12.2 Å². The van der Waals surface area contributed by atoms with Crippen molar-refractivity contribution in [2.45, 2.75) is 59.8 Å². The third kappa shape index (κ3) is 6.13. The van der Waals surface area contributed by atoms with Crippen LogP contribution in [0.25, 0.3) is 16.8 Å². The Bertz CT molecular complexity index is 1100. The first kappa shape index (κ1) is 25.2. The van der Waals surface area contributed by atoms with Gasteiger partial charge >= 0.3 is 0 Å². The highest BCUT2D eigenvalue weighted by molar-refractivity contribution is 5.98. The van der Waals surface area contributed by atoms with Gasteiger partial charge in [-0.25, -0.2) is 4.68 Å². The number of likely N-dealkylation sites (N-methyl/N-ethyl adjacent to an activating group) is 1. The van der Waals surface area contributed by atoms with Crippen molar-refractivity contribution in [3.05, 3.63) is 65.9 Å². The lowest BCUT2D eigenvalue weighted by Crippen LogP contribution is -2.38. The molecule has 0 spiro atoms. The van der Waals surface area contributed by atoms with Gasteiger partial charge in [-0.05, 0) is 44.4 Å². The molecule has 0 saturated heterocycles. The van der Waals surface area contributed by atoms with Crippen molar-refractivity contribution in [2.75, 3.05) is 18.4 Å². The minimum absolute atomic E-state index is 0.0232. The normalized spacial score (nSPS) is 10.8. The van der Waals surface area contributed by atoms with Gasteiger partial charge < -0.3 is 10.2 Å². The van der Waals surface area contributed by atoms with Crippen molar-refractivity contribution >= 4 is 17.6 Å². The molecule has 2 amide bonds. The predicted molar refractivity (Wildman–Crippen MR) is 138 cm³/mol. The molecule has 0 bridgehead atoms. The molecule has 3 rings (SSSR count). The predicted octanol–water partition coefficient (Wildman–Crippen LogP) is 5.91. The Morgan fingerprint density at radius 3 is 2.32 bits per heavy atom. The van der Waals surface area contributed by atoms with Gasteiger partial charge in [0.05, 0.1) is 17.9 Å². The lowest BCUT2D eigenvalue weighted by atomic mass is 10.1. The van der Waals surface area contributed by atoms with Crippen molar-refractivity contribution in [1.29, 1.82) is 0 Å². The first-order valence-corrected chi connectivity index (χ1v) is 12.2. The van der Waals surface area contributed by atoms with Crippen LogP contribution in [-0.4, -0.2) is 39.6 Å². The number of carbonyl (C=O) groups excluding carboxylic acids is 2. The molecule has 3 aromatic rings. The summed E-state index contributed by atoms with van der Waals surface area (Å²) in [6.07, 6.45) is 4.65. The summed E-state index contributed by atoms with van der Waals surface area (Å²) in [7, 11) is 0. The van der Waals surface area contributed by atoms with Gasteiger partial charge in [0.2, 0.25) is 11.8 Å². The summed E-state index contributed by atoms with van der Waals surface area (Å²) < 4.78 is 1.80. The van der Waals surface area contributed by atoms with Crippen molar-refractivity contribution in [1.82, 2.24) is 14.7 Å². The average molecular weight is 461 g/mol. The molecule has 0 unspecified atom stereocenters. The van der Waals surface area contributed by atoms with Gasteiger partial charge in [-0.1, -0.05) is 74.7 Å². The van der Waals surface area contributed by atoms with Crippen LogP contribution in [0, 0.1) is 13.8 Å². The van der Waals surface area contributed by atoms with E-state index in [1.807, 2.05) is 75.4 Å². The third-order valence-electron chi connectivity index (χ3n) is 6.04. The lowest BCUT2D eigenvalue weighted by molar-refractivity contribution is -0.134. The number of nitrogens with one attached hydrogen (secondary N) is 1. The third-order valence-corrected chi connectivity index (χ3v) is 6.04. The Balaban J connectivity index is 1.88. The first-order valence-electron chi connectivity index (χ1n) is 12.2. The van der Waals surface area contributed by atoms with Crippen molar-refractivity contribution in [3.63, 3.8) is 0 Å². The maximum Gasteiger partial charge on any atom is 0.245 e.